The summed E-state index contributed by atoms with van der Waals surface area (Å²) in [4.78, 5) is 11.2. The molecule has 3 nitrogen and oxygen atoms in total. The summed E-state index contributed by atoms with van der Waals surface area (Å²) in [5.41, 5.74) is 1.19. The summed E-state index contributed by atoms with van der Waals surface area (Å²) in [6, 6.07) is 8.27. The number of hydrogen-bond acceptors (Lipinski definition) is 3. The highest BCUT2D eigenvalue weighted by atomic mass is 79.9. The number of esters is 1. The highest BCUT2D eigenvalue weighted by Gasteiger charge is 2.08. The molecule has 1 unspecified atom stereocenters. The molecule has 1 aromatic carbocycles. The van der Waals surface area contributed by atoms with Crippen molar-refractivity contribution in [1.29, 1.82) is 0 Å². The second kappa shape index (κ2) is 7.45. The second-order valence-electron chi connectivity index (χ2n) is 3.75. The van der Waals surface area contributed by atoms with E-state index < -0.39 is 0 Å². The van der Waals surface area contributed by atoms with Crippen molar-refractivity contribution in [2.75, 3.05) is 13.2 Å². The predicted octanol–water partition coefficient (Wildman–Crippen LogP) is 3.05. The third-order valence-corrected chi connectivity index (χ3v) is 3.18. The topological polar surface area (TPSA) is 38.3 Å². The number of benzene rings is 1. The molecular formula is C13H18BrNO2. The van der Waals surface area contributed by atoms with Gasteiger partial charge in [0.25, 0.3) is 0 Å². The molecule has 17 heavy (non-hydrogen) atoms. The normalized spacial score (nSPS) is 12.2. The Morgan fingerprint density at radius 1 is 1.47 bits per heavy atom. The van der Waals surface area contributed by atoms with Gasteiger partial charge in [-0.15, -0.1) is 0 Å². The standard InChI is InChI=1S/C13H18BrNO2/c1-3-17-13(16)8-9-15-10(2)11-6-4-5-7-12(11)14/h4-7,10,15H,3,8-9H2,1-2H3. The lowest BCUT2D eigenvalue weighted by Gasteiger charge is -2.15. The van der Waals surface area contributed by atoms with Crippen LogP contribution < -0.4 is 5.32 Å². The minimum absolute atomic E-state index is 0.153. The summed E-state index contributed by atoms with van der Waals surface area (Å²) in [5.74, 6) is -0.153. The first-order valence-electron chi connectivity index (χ1n) is 5.78. The molecule has 0 aliphatic rings. The lowest BCUT2D eigenvalue weighted by atomic mass is 10.1. The summed E-state index contributed by atoms with van der Waals surface area (Å²) in [5, 5.41) is 3.30. The molecule has 1 N–H and O–H groups in total. The van der Waals surface area contributed by atoms with Gasteiger partial charge in [-0.2, -0.15) is 0 Å². The molecule has 0 bridgehead atoms. The van der Waals surface area contributed by atoms with E-state index in [1.165, 1.54) is 5.56 Å². The van der Waals surface area contributed by atoms with E-state index in [0.717, 1.165) is 4.47 Å². The van der Waals surface area contributed by atoms with Crippen LogP contribution in [0.25, 0.3) is 0 Å². The fourth-order valence-corrected chi connectivity index (χ4v) is 2.19. The van der Waals surface area contributed by atoms with Crippen LogP contribution in [-0.4, -0.2) is 19.1 Å². The Hall–Kier alpha value is -0.870. The number of carbonyl (C=O) groups is 1. The molecule has 0 saturated heterocycles. The van der Waals surface area contributed by atoms with Crippen LogP contribution in [0.2, 0.25) is 0 Å². The van der Waals surface area contributed by atoms with Gasteiger partial charge in [0.15, 0.2) is 0 Å². The van der Waals surface area contributed by atoms with E-state index in [-0.39, 0.29) is 12.0 Å². The molecular weight excluding hydrogens is 282 g/mol. The van der Waals surface area contributed by atoms with Gasteiger partial charge >= 0.3 is 5.97 Å². The Morgan fingerprint density at radius 3 is 2.82 bits per heavy atom. The first kappa shape index (κ1) is 14.2. The van der Waals surface area contributed by atoms with Crippen molar-refractivity contribution in [1.82, 2.24) is 5.32 Å². The van der Waals surface area contributed by atoms with Crippen LogP contribution in [0.15, 0.2) is 28.7 Å². The SMILES string of the molecule is CCOC(=O)CCNC(C)c1ccccc1Br. The number of hydrogen-bond donors (Lipinski definition) is 1. The van der Waals surface area contributed by atoms with E-state index in [1.54, 1.807) is 0 Å². The van der Waals surface area contributed by atoms with Crippen LogP contribution >= 0.6 is 15.9 Å². The van der Waals surface area contributed by atoms with Gasteiger partial charge in [0.2, 0.25) is 0 Å². The van der Waals surface area contributed by atoms with Crippen molar-refractivity contribution in [3.63, 3.8) is 0 Å². The van der Waals surface area contributed by atoms with E-state index in [4.69, 9.17) is 4.74 Å². The lowest BCUT2D eigenvalue weighted by Crippen LogP contribution is -2.23. The number of rotatable bonds is 6. The Morgan fingerprint density at radius 2 is 2.18 bits per heavy atom. The van der Waals surface area contributed by atoms with Crippen LogP contribution in [0.5, 0.6) is 0 Å². The Balaban J connectivity index is 2.38. The Bertz CT molecular complexity index is 368. The molecule has 0 aliphatic carbocycles. The maximum atomic E-state index is 11.2. The van der Waals surface area contributed by atoms with Gasteiger partial charge in [-0.05, 0) is 25.5 Å². The number of carbonyl (C=O) groups excluding carboxylic acids is 1. The van der Waals surface area contributed by atoms with E-state index in [1.807, 2.05) is 25.1 Å². The highest BCUT2D eigenvalue weighted by molar-refractivity contribution is 9.10. The van der Waals surface area contributed by atoms with Crippen LogP contribution in [-0.2, 0) is 9.53 Å². The Labute approximate surface area is 111 Å². The lowest BCUT2D eigenvalue weighted by molar-refractivity contribution is -0.143. The van der Waals surface area contributed by atoms with Gasteiger partial charge in [-0.3, -0.25) is 4.79 Å². The summed E-state index contributed by atoms with van der Waals surface area (Å²) in [6.07, 6.45) is 0.405. The van der Waals surface area contributed by atoms with Crippen LogP contribution in [0.1, 0.15) is 31.9 Å². The molecule has 0 spiro atoms. The summed E-state index contributed by atoms with van der Waals surface area (Å²) in [6.45, 7) is 4.96. The fourth-order valence-electron chi connectivity index (χ4n) is 1.56. The minimum Gasteiger partial charge on any atom is -0.466 e. The van der Waals surface area contributed by atoms with E-state index >= 15 is 0 Å². The van der Waals surface area contributed by atoms with Crippen molar-refractivity contribution in [3.05, 3.63) is 34.3 Å². The quantitative estimate of drug-likeness (QED) is 0.821. The van der Waals surface area contributed by atoms with Crippen molar-refractivity contribution in [2.24, 2.45) is 0 Å². The second-order valence-corrected chi connectivity index (χ2v) is 4.61. The zero-order chi connectivity index (χ0) is 12.7. The molecule has 0 aromatic heterocycles. The smallest absolute Gasteiger partial charge is 0.307 e. The zero-order valence-electron chi connectivity index (χ0n) is 10.2. The maximum Gasteiger partial charge on any atom is 0.307 e. The van der Waals surface area contributed by atoms with Crippen LogP contribution in [0.3, 0.4) is 0 Å². The molecule has 0 radical (unpaired) electrons. The summed E-state index contributed by atoms with van der Waals surface area (Å²) < 4.78 is 5.94. The van der Waals surface area contributed by atoms with Crippen LogP contribution in [0.4, 0.5) is 0 Å². The molecule has 1 rings (SSSR count). The highest BCUT2D eigenvalue weighted by Crippen LogP contribution is 2.22. The molecule has 4 heteroatoms. The van der Waals surface area contributed by atoms with Gasteiger partial charge in [0.1, 0.15) is 0 Å². The van der Waals surface area contributed by atoms with Gasteiger partial charge in [0.05, 0.1) is 13.0 Å². The van der Waals surface area contributed by atoms with Crippen molar-refractivity contribution in [2.45, 2.75) is 26.3 Å². The maximum absolute atomic E-state index is 11.2. The zero-order valence-corrected chi connectivity index (χ0v) is 11.8. The molecule has 0 amide bonds. The Kier molecular flexibility index (Phi) is 6.22. The van der Waals surface area contributed by atoms with E-state index in [0.29, 0.717) is 19.6 Å². The minimum atomic E-state index is -0.153. The molecule has 0 aliphatic heterocycles. The fraction of sp³-hybridized carbons (Fsp3) is 0.462. The number of ether oxygens (including phenoxy) is 1. The predicted molar refractivity (Wildman–Crippen MR) is 71.8 cm³/mol. The first-order valence-corrected chi connectivity index (χ1v) is 6.58. The average molecular weight is 300 g/mol. The molecule has 94 valence electrons. The molecule has 0 fully saturated rings. The van der Waals surface area contributed by atoms with E-state index in [9.17, 15) is 4.79 Å². The third kappa shape index (κ3) is 4.88. The van der Waals surface area contributed by atoms with Gasteiger partial charge < -0.3 is 10.1 Å². The average Bonchev–Trinajstić information content (AvgIpc) is 2.29. The summed E-state index contributed by atoms with van der Waals surface area (Å²) >= 11 is 3.51. The van der Waals surface area contributed by atoms with Crippen molar-refractivity contribution >= 4 is 21.9 Å². The molecule has 0 heterocycles. The van der Waals surface area contributed by atoms with Gasteiger partial charge in [-0.1, -0.05) is 34.1 Å². The monoisotopic (exact) mass is 299 g/mol. The largest absolute Gasteiger partial charge is 0.466 e. The summed E-state index contributed by atoms with van der Waals surface area (Å²) in [7, 11) is 0. The van der Waals surface area contributed by atoms with Crippen LogP contribution in [0, 0.1) is 0 Å². The van der Waals surface area contributed by atoms with Gasteiger partial charge in [0, 0.05) is 17.1 Å². The van der Waals surface area contributed by atoms with Crippen molar-refractivity contribution in [3.8, 4) is 0 Å². The first-order chi connectivity index (χ1) is 8.15. The van der Waals surface area contributed by atoms with E-state index in [2.05, 4.69) is 34.2 Å². The molecule has 1 atom stereocenters. The molecule has 1 aromatic rings. The van der Waals surface area contributed by atoms with Gasteiger partial charge in [-0.25, -0.2) is 0 Å². The number of halogens is 1. The third-order valence-electron chi connectivity index (χ3n) is 2.46. The molecule has 0 saturated carbocycles. The van der Waals surface area contributed by atoms with Crippen molar-refractivity contribution < 1.29 is 9.53 Å². The number of nitrogens with one attached hydrogen (secondary N) is 1.